The Bertz CT molecular complexity index is 446. The predicted octanol–water partition coefficient (Wildman–Crippen LogP) is 0.638. The fraction of sp³-hybridized carbons (Fsp3) is 0.700. The highest BCUT2D eigenvalue weighted by molar-refractivity contribution is 7.89. The Balaban J connectivity index is 0.00000289. The highest BCUT2D eigenvalue weighted by atomic mass is 35.5. The maximum atomic E-state index is 12.0. The van der Waals surface area contributed by atoms with Gasteiger partial charge in [-0.05, 0) is 6.42 Å². The Morgan fingerprint density at radius 2 is 2.22 bits per heavy atom. The Kier molecular flexibility index (Phi) is 7.46. The van der Waals surface area contributed by atoms with Crippen LogP contribution < -0.4 is 10.5 Å². The lowest BCUT2D eigenvalue weighted by Crippen LogP contribution is -2.39. The summed E-state index contributed by atoms with van der Waals surface area (Å²) in [6, 6.07) is -0.208. The first-order chi connectivity index (χ1) is 7.99. The van der Waals surface area contributed by atoms with Crippen LogP contribution in [-0.4, -0.2) is 30.8 Å². The molecule has 1 aromatic heterocycles. The molecule has 0 aliphatic heterocycles. The Morgan fingerprint density at radius 3 is 2.67 bits per heavy atom. The van der Waals surface area contributed by atoms with E-state index in [-0.39, 0.29) is 23.3 Å². The second-order valence-electron chi connectivity index (χ2n) is 4.05. The number of aromatic nitrogens is 2. The molecule has 0 aromatic carbocycles. The molecule has 0 aliphatic rings. The van der Waals surface area contributed by atoms with E-state index in [9.17, 15) is 8.42 Å². The number of sulfonamides is 1. The Morgan fingerprint density at radius 1 is 1.56 bits per heavy atom. The maximum Gasteiger partial charge on any atom is 0.243 e. The molecule has 106 valence electrons. The summed E-state index contributed by atoms with van der Waals surface area (Å²) in [7, 11) is -1.82. The van der Waals surface area contributed by atoms with Crippen molar-refractivity contribution >= 4 is 22.4 Å². The molecule has 1 aromatic rings. The van der Waals surface area contributed by atoms with E-state index in [0.29, 0.717) is 6.54 Å². The minimum atomic E-state index is -3.49. The predicted molar refractivity (Wildman–Crippen MR) is 73.1 cm³/mol. The summed E-state index contributed by atoms with van der Waals surface area (Å²) in [5.41, 5.74) is 5.56. The summed E-state index contributed by atoms with van der Waals surface area (Å²) in [4.78, 5) is 0.176. The molecular weight excluding hydrogens is 276 g/mol. The fourth-order valence-electron chi connectivity index (χ4n) is 1.50. The Hall–Kier alpha value is -0.630. The summed E-state index contributed by atoms with van der Waals surface area (Å²) in [5, 5.41) is 3.84. The molecule has 0 saturated carbocycles. The van der Waals surface area contributed by atoms with Crippen molar-refractivity contribution < 1.29 is 8.42 Å². The van der Waals surface area contributed by atoms with Gasteiger partial charge in [0.25, 0.3) is 0 Å². The average molecular weight is 297 g/mol. The lowest BCUT2D eigenvalue weighted by Gasteiger charge is -2.15. The third kappa shape index (κ3) is 4.93. The van der Waals surface area contributed by atoms with Gasteiger partial charge in [-0.15, -0.1) is 12.4 Å². The van der Waals surface area contributed by atoms with Gasteiger partial charge in [-0.3, -0.25) is 4.68 Å². The monoisotopic (exact) mass is 296 g/mol. The number of rotatable bonds is 7. The normalized spacial score (nSPS) is 13.1. The highest BCUT2D eigenvalue weighted by Gasteiger charge is 2.20. The van der Waals surface area contributed by atoms with Crippen LogP contribution >= 0.6 is 12.4 Å². The molecule has 1 rings (SSSR count). The lowest BCUT2D eigenvalue weighted by molar-refractivity contribution is 0.516. The summed E-state index contributed by atoms with van der Waals surface area (Å²) in [6.45, 7) is 2.36. The maximum absolute atomic E-state index is 12.0. The standard InChI is InChI=1S/C10H20N4O2S.ClH/c1-3-4-5-9(6-11)13-17(15,16)10-7-12-14(2)8-10;/h7-9,13H,3-6,11H2,1-2H3;1H. The molecule has 3 N–H and O–H groups in total. The van der Waals surface area contributed by atoms with E-state index in [1.165, 1.54) is 17.1 Å². The van der Waals surface area contributed by atoms with Crippen molar-refractivity contribution in [3.63, 3.8) is 0 Å². The molecule has 1 atom stereocenters. The minimum absolute atomic E-state index is 0. The third-order valence-electron chi connectivity index (χ3n) is 2.50. The molecule has 18 heavy (non-hydrogen) atoms. The zero-order chi connectivity index (χ0) is 12.9. The summed E-state index contributed by atoms with van der Waals surface area (Å²) < 4.78 is 28.0. The molecule has 6 nitrogen and oxygen atoms in total. The number of hydrogen-bond donors (Lipinski definition) is 2. The summed E-state index contributed by atoms with van der Waals surface area (Å²) in [5.74, 6) is 0. The third-order valence-corrected chi connectivity index (χ3v) is 3.98. The van der Waals surface area contributed by atoms with Crippen LogP contribution in [0.3, 0.4) is 0 Å². The van der Waals surface area contributed by atoms with E-state index in [1.807, 2.05) is 0 Å². The average Bonchev–Trinajstić information content (AvgIpc) is 2.71. The van der Waals surface area contributed by atoms with E-state index >= 15 is 0 Å². The quantitative estimate of drug-likeness (QED) is 0.772. The largest absolute Gasteiger partial charge is 0.329 e. The SMILES string of the molecule is CCCCC(CN)NS(=O)(=O)c1cnn(C)c1.Cl. The van der Waals surface area contributed by atoms with Crippen molar-refractivity contribution in [1.29, 1.82) is 0 Å². The van der Waals surface area contributed by atoms with Gasteiger partial charge >= 0.3 is 0 Å². The highest BCUT2D eigenvalue weighted by Crippen LogP contribution is 2.09. The smallest absolute Gasteiger partial charge is 0.243 e. The lowest BCUT2D eigenvalue weighted by atomic mass is 10.1. The van der Waals surface area contributed by atoms with Gasteiger partial charge in [-0.2, -0.15) is 5.10 Å². The number of nitrogens with two attached hydrogens (primary N) is 1. The van der Waals surface area contributed by atoms with Crippen molar-refractivity contribution in [3.05, 3.63) is 12.4 Å². The number of hydrogen-bond acceptors (Lipinski definition) is 4. The van der Waals surface area contributed by atoms with Gasteiger partial charge in [0, 0.05) is 25.8 Å². The second-order valence-corrected chi connectivity index (χ2v) is 5.76. The molecule has 0 fully saturated rings. The van der Waals surface area contributed by atoms with E-state index in [4.69, 9.17) is 5.73 Å². The molecule has 0 radical (unpaired) electrons. The van der Waals surface area contributed by atoms with Crippen LogP contribution in [0.25, 0.3) is 0 Å². The van der Waals surface area contributed by atoms with Crippen molar-refractivity contribution in [3.8, 4) is 0 Å². The molecular formula is C10H21ClN4O2S. The summed E-state index contributed by atoms with van der Waals surface area (Å²) >= 11 is 0. The first kappa shape index (κ1) is 17.4. The number of unbranched alkanes of at least 4 members (excludes halogenated alkanes) is 1. The Labute approximate surface area is 114 Å². The van der Waals surface area contributed by atoms with Crippen LogP contribution in [0, 0.1) is 0 Å². The summed E-state index contributed by atoms with van der Waals surface area (Å²) in [6.07, 6.45) is 5.53. The molecule has 8 heteroatoms. The first-order valence-corrected chi connectivity index (χ1v) is 7.19. The van der Waals surface area contributed by atoms with Gasteiger partial charge in [0.15, 0.2) is 0 Å². The van der Waals surface area contributed by atoms with Crippen molar-refractivity contribution in [1.82, 2.24) is 14.5 Å². The van der Waals surface area contributed by atoms with Crippen molar-refractivity contribution in [2.45, 2.75) is 37.1 Å². The van der Waals surface area contributed by atoms with Gasteiger partial charge in [-0.1, -0.05) is 19.8 Å². The first-order valence-electron chi connectivity index (χ1n) is 5.70. The van der Waals surface area contributed by atoms with E-state index < -0.39 is 10.0 Å². The number of aryl methyl sites for hydroxylation is 1. The van der Waals surface area contributed by atoms with Crippen LogP contribution in [0.5, 0.6) is 0 Å². The fourth-order valence-corrected chi connectivity index (χ4v) is 2.77. The van der Waals surface area contributed by atoms with Gasteiger partial charge in [0.05, 0.1) is 6.20 Å². The zero-order valence-corrected chi connectivity index (χ0v) is 12.3. The van der Waals surface area contributed by atoms with E-state index in [1.54, 1.807) is 7.05 Å². The van der Waals surface area contributed by atoms with Crippen LogP contribution in [0.4, 0.5) is 0 Å². The van der Waals surface area contributed by atoms with Crippen molar-refractivity contribution in [2.24, 2.45) is 12.8 Å². The van der Waals surface area contributed by atoms with Gasteiger partial charge in [0.1, 0.15) is 4.90 Å². The van der Waals surface area contributed by atoms with Crippen LogP contribution in [0.2, 0.25) is 0 Å². The van der Waals surface area contributed by atoms with Crippen molar-refractivity contribution in [2.75, 3.05) is 6.54 Å². The van der Waals surface area contributed by atoms with E-state index in [0.717, 1.165) is 19.3 Å². The van der Waals surface area contributed by atoms with Crippen LogP contribution in [-0.2, 0) is 17.1 Å². The molecule has 1 heterocycles. The topological polar surface area (TPSA) is 90.0 Å². The van der Waals surface area contributed by atoms with Gasteiger partial charge in [0.2, 0.25) is 10.0 Å². The minimum Gasteiger partial charge on any atom is -0.329 e. The number of nitrogens with zero attached hydrogens (tertiary/aromatic N) is 2. The number of nitrogens with one attached hydrogen (secondary N) is 1. The van der Waals surface area contributed by atoms with Gasteiger partial charge < -0.3 is 5.73 Å². The second kappa shape index (κ2) is 7.73. The van der Waals surface area contributed by atoms with E-state index in [2.05, 4.69) is 16.7 Å². The zero-order valence-electron chi connectivity index (χ0n) is 10.7. The molecule has 0 amide bonds. The molecule has 0 spiro atoms. The van der Waals surface area contributed by atoms with Gasteiger partial charge in [-0.25, -0.2) is 13.1 Å². The number of halogens is 1. The molecule has 0 bridgehead atoms. The van der Waals surface area contributed by atoms with Crippen LogP contribution in [0.1, 0.15) is 26.2 Å². The molecule has 0 aliphatic carbocycles. The molecule has 1 unspecified atom stereocenters. The molecule has 0 saturated heterocycles. The van der Waals surface area contributed by atoms with Crippen LogP contribution in [0.15, 0.2) is 17.3 Å².